The van der Waals surface area contributed by atoms with Crippen LogP contribution < -0.4 is 10.6 Å². The number of nitrogens with one attached hydrogen (secondary N) is 2. The molecule has 0 fully saturated rings. The first-order chi connectivity index (χ1) is 14.2. The maximum atomic E-state index is 9.46. The van der Waals surface area contributed by atoms with E-state index in [1.54, 1.807) is 30.8 Å². The van der Waals surface area contributed by atoms with Crippen molar-refractivity contribution in [2.45, 2.75) is 26.7 Å². The number of pyridine rings is 1. The molecule has 29 heavy (non-hydrogen) atoms. The summed E-state index contributed by atoms with van der Waals surface area (Å²) in [6.07, 6.45) is 5.36. The van der Waals surface area contributed by atoms with Gasteiger partial charge in [0, 0.05) is 33.0 Å². The number of aryl methyl sites for hydroxylation is 1. The van der Waals surface area contributed by atoms with Crippen LogP contribution in [0.2, 0.25) is 0 Å². The van der Waals surface area contributed by atoms with Gasteiger partial charge in [0.2, 0.25) is 5.95 Å². The SMILES string of the molecule is CCC(CO)CCNc1nc(NCCOC)nc(C)c1-c1nc2cnccc2s1. The molecule has 0 aliphatic heterocycles. The fourth-order valence-corrected chi connectivity index (χ4v) is 4.04. The van der Waals surface area contributed by atoms with Gasteiger partial charge >= 0.3 is 0 Å². The van der Waals surface area contributed by atoms with Gasteiger partial charge < -0.3 is 20.5 Å². The number of methoxy groups -OCH3 is 1. The first-order valence-corrected chi connectivity index (χ1v) is 10.6. The topological polar surface area (TPSA) is 105 Å². The molecular weight excluding hydrogens is 388 g/mol. The zero-order chi connectivity index (χ0) is 20.6. The lowest BCUT2D eigenvalue weighted by molar-refractivity contribution is 0.210. The van der Waals surface area contributed by atoms with Crippen LogP contribution in [0.15, 0.2) is 18.5 Å². The lowest BCUT2D eigenvalue weighted by atomic mass is 10.0. The summed E-state index contributed by atoms with van der Waals surface area (Å²) in [6.45, 7) is 6.18. The molecule has 9 heteroatoms. The summed E-state index contributed by atoms with van der Waals surface area (Å²) in [5, 5.41) is 17.0. The Balaban J connectivity index is 1.91. The third-order valence-corrected chi connectivity index (χ3v) is 5.82. The van der Waals surface area contributed by atoms with Gasteiger partial charge in [0.25, 0.3) is 0 Å². The summed E-state index contributed by atoms with van der Waals surface area (Å²) in [4.78, 5) is 18.2. The molecule has 0 aromatic carbocycles. The van der Waals surface area contributed by atoms with Gasteiger partial charge in [0.1, 0.15) is 16.3 Å². The molecule has 3 aromatic heterocycles. The molecule has 0 amide bonds. The lowest BCUT2D eigenvalue weighted by Crippen LogP contribution is -2.15. The monoisotopic (exact) mass is 416 g/mol. The van der Waals surface area contributed by atoms with Crippen molar-refractivity contribution in [3.05, 3.63) is 24.2 Å². The number of aromatic nitrogens is 4. The molecule has 1 atom stereocenters. The number of anilines is 2. The van der Waals surface area contributed by atoms with Gasteiger partial charge in [0.05, 0.1) is 28.8 Å². The van der Waals surface area contributed by atoms with E-state index in [1.807, 2.05) is 13.0 Å². The maximum Gasteiger partial charge on any atom is 0.224 e. The molecule has 0 aliphatic rings. The van der Waals surface area contributed by atoms with Gasteiger partial charge in [-0.05, 0) is 25.3 Å². The number of fused-ring (bicyclic) bond motifs is 1. The Bertz CT molecular complexity index is 895. The number of nitrogens with zero attached hydrogens (tertiary/aromatic N) is 4. The summed E-state index contributed by atoms with van der Waals surface area (Å²) in [5.74, 6) is 1.58. The first-order valence-electron chi connectivity index (χ1n) is 9.83. The van der Waals surface area contributed by atoms with E-state index in [-0.39, 0.29) is 12.5 Å². The van der Waals surface area contributed by atoms with Crippen LogP contribution in [0.3, 0.4) is 0 Å². The number of ether oxygens (including phenoxy) is 1. The number of thiazole rings is 1. The number of hydrogen-bond donors (Lipinski definition) is 3. The standard InChI is InChI=1S/C20H28N6O2S/c1-4-14(12-27)5-8-22-18-17(13(2)24-20(26-18)23-9-10-28-3)19-25-15-11-21-7-6-16(15)29-19/h6-7,11,14,27H,4-5,8-10,12H2,1-3H3,(H2,22,23,24,26). The molecule has 156 valence electrons. The summed E-state index contributed by atoms with van der Waals surface area (Å²) < 4.78 is 6.17. The summed E-state index contributed by atoms with van der Waals surface area (Å²) in [6, 6.07) is 1.97. The molecular formula is C20H28N6O2S. The average molecular weight is 417 g/mol. The zero-order valence-electron chi connectivity index (χ0n) is 17.1. The largest absolute Gasteiger partial charge is 0.396 e. The fraction of sp³-hybridized carbons (Fsp3) is 0.500. The minimum atomic E-state index is 0.197. The number of aliphatic hydroxyl groups is 1. The van der Waals surface area contributed by atoms with Gasteiger partial charge in [-0.15, -0.1) is 11.3 Å². The van der Waals surface area contributed by atoms with Gasteiger partial charge in [-0.2, -0.15) is 4.98 Å². The van der Waals surface area contributed by atoms with Crippen molar-refractivity contribution in [3.8, 4) is 10.6 Å². The van der Waals surface area contributed by atoms with E-state index in [9.17, 15) is 5.11 Å². The van der Waals surface area contributed by atoms with Crippen LogP contribution in [-0.4, -0.2) is 58.5 Å². The van der Waals surface area contributed by atoms with Crippen LogP contribution in [0.25, 0.3) is 20.8 Å². The molecule has 1 unspecified atom stereocenters. The third-order valence-electron chi connectivity index (χ3n) is 4.76. The highest BCUT2D eigenvalue weighted by Crippen LogP contribution is 2.35. The predicted molar refractivity (Wildman–Crippen MR) is 118 cm³/mol. The molecule has 0 aliphatic carbocycles. The Morgan fingerprint density at radius 3 is 2.79 bits per heavy atom. The second kappa shape index (κ2) is 10.4. The van der Waals surface area contributed by atoms with E-state index in [2.05, 4.69) is 27.5 Å². The lowest BCUT2D eigenvalue weighted by Gasteiger charge is -2.16. The molecule has 0 saturated carbocycles. The van der Waals surface area contributed by atoms with Crippen molar-refractivity contribution in [2.75, 3.05) is 44.0 Å². The Morgan fingerprint density at radius 1 is 1.21 bits per heavy atom. The second-order valence-electron chi connectivity index (χ2n) is 6.81. The molecule has 0 saturated heterocycles. The Labute approximate surface area is 174 Å². The zero-order valence-corrected chi connectivity index (χ0v) is 17.9. The number of hydrogen-bond acceptors (Lipinski definition) is 9. The van der Waals surface area contributed by atoms with Crippen molar-refractivity contribution >= 4 is 33.3 Å². The highest BCUT2D eigenvalue weighted by molar-refractivity contribution is 7.21. The number of aliphatic hydroxyl groups excluding tert-OH is 1. The molecule has 3 aromatic rings. The normalized spacial score (nSPS) is 12.3. The van der Waals surface area contributed by atoms with E-state index in [4.69, 9.17) is 14.7 Å². The van der Waals surface area contributed by atoms with Crippen LogP contribution in [-0.2, 0) is 4.74 Å². The van der Waals surface area contributed by atoms with E-state index in [0.717, 1.165) is 45.1 Å². The minimum Gasteiger partial charge on any atom is -0.396 e. The van der Waals surface area contributed by atoms with E-state index >= 15 is 0 Å². The van der Waals surface area contributed by atoms with Crippen LogP contribution in [0.5, 0.6) is 0 Å². The molecule has 0 bridgehead atoms. The first kappa shape index (κ1) is 21.4. The van der Waals surface area contributed by atoms with Gasteiger partial charge in [-0.3, -0.25) is 4.98 Å². The van der Waals surface area contributed by atoms with Crippen LogP contribution in [0.1, 0.15) is 25.5 Å². The maximum absolute atomic E-state index is 9.46. The smallest absolute Gasteiger partial charge is 0.224 e. The van der Waals surface area contributed by atoms with Crippen molar-refractivity contribution in [1.29, 1.82) is 0 Å². The minimum absolute atomic E-state index is 0.197. The van der Waals surface area contributed by atoms with Gasteiger partial charge in [-0.25, -0.2) is 9.97 Å². The van der Waals surface area contributed by atoms with Gasteiger partial charge in [0.15, 0.2) is 0 Å². The highest BCUT2D eigenvalue weighted by atomic mass is 32.1. The van der Waals surface area contributed by atoms with Crippen molar-refractivity contribution in [1.82, 2.24) is 19.9 Å². The molecule has 3 N–H and O–H groups in total. The Kier molecular flexibility index (Phi) is 7.68. The van der Waals surface area contributed by atoms with Crippen molar-refractivity contribution < 1.29 is 9.84 Å². The van der Waals surface area contributed by atoms with Crippen molar-refractivity contribution in [3.63, 3.8) is 0 Å². The molecule has 0 radical (unpaired) electrons. The quantitative estimate of drug-likeness (QED) is 0.409. The summed E-state index contributed by atoms with van der Waals surface area (Å²) >= 11 is 1.60. The Morgan fingerprint density at radius 2 is 2.07 bits per heavy atom. The van der Waals surface area contributed by atoms with Crippen molar-refractivity contribution in [2.24, 2.45) is 5.92 Å². The molecule has 0 spiro atoms. The average Bonchev–Trinajstić information content (AvgIpc) is 3.14. The Hall–Kier alpha value is -2.36. The highest BCUT2D eigenvalue weighted by Gasteiger charge is 2.18. The van der Waals surface area contributed by atoms with Crippen LogP contribution in [0.4, 0.5) is 11.8 Å². The fourth-order valence-electron chi connectivity index (χ4n) is 3.01. The molecule has 8 nitrogen and oxygen atoms in total. The second-order valence-corrected chi connectivity index (χ2v) is 7.84. The van der Waals surface area contributed by atoms with E-state index in [0.29, 0.717) is 25.6 Å². The van der Waals surface area contributed by atoms with Gasteiger partial charge in [-0.1, -0.05) is 13.3 Å². The van der Waals surface area contributed by atoms with Crippen LogP contribution in [0, 0.1) is 12.8 Å². The third kappa shape index (κ3) is 5.37. The van der Waals surface area contributed by atoms with E-state index < -0.39 is 0 Å². The predicted octanol–water partition coefficient (Wildman–Crippen LogP) is 3.34. The van der Waals surface area contributed by atoms with Crippen LogP contribution >= 0.6 is 11.3 Å². The molecule has 3 heterocycles. The van der Waals surface area contributed by atoms with E-state index in [1.165, 1.54) is 0 Å². The summed E-state index contributed by atoms with van der Waals surface area (Å²) in [5.41, 5.74) is 2.62. The number of rotatable bonds is 11. The molecule has 3 rings (SSSR count). The summed E-state index contributed by atoms with van der Waals surface area (Å²) in [7, 11) is 1.66.